The standard InChI is InChI=1S/C20H22N2O5/c1-4-15-20(25)22(11-18(23)21-12(2)3)14-10-13(7-8-16(14)27-15)19(24)17-6-5-9-26-17/h5-10,12,15H,4,11H2,1-3H3,(H,21,23). The Morgan fingerprint density at radius 1 is 1.26 bits per heavy atom. The highest BCUT2D eigenvalue weighted by Gasteiger charge is 2.35. The number of fused-ring (bicyclic) bond motifs is 1. The fourth-order valence-corrected chi connectivity index (χ4v) is 2.95. The lowest BCUT2D eigenvalue weighted by atomic mass is 10.0. The number of nitrogens with one attached hydrogen (secondary N) is 1. The molecule has 2 aromatic rings. The molecule has 0 saturated carbocycles. The Kier molecular flexibility index (Phi) is 5.30. The molecule has 1 aliphatic rings. The summed E-state index contributed by atoms with van der Waals surface area (Å²) in [5, 5.41) is 2.78. The van der Waals surface area contributed by atoms with Crippen molar-refractivity contribution in [3.8, 4) is 5.75 Å². The van der Waals surface area contributed by atoms with Crippen molar-refractivity contribution in [3.05, 3.63) is 47.9 Å². The van der Waals surface area contributed by atoms with Gasteiger partial charge in [0.1, 0.15) is 12.3 Å². The van der Waals surface area contributed by atoms with Crippen molar-refractivity contribution in [2.24, 2.45) is 0 Å². The lowest BCUT2D eigenvalue weighted by molar-refractivity contribution is -0.129. The zero-order valence-electron chi connectivity index (χ0n) is 15.5. The van der Waals surface area contributed by atoms with Gasteiger partial charge in [0, 0.05) is 11.6 Å². The monoisotopic (exact) mass is 370 g/mol. The third-order valence-electron chi connectivity index (χ3n) is 4.19. The van der Waals surface area contributed by atoms with Crippen molar-refractivity contribution in [1.29, 1.82) is 0 Å². The van der Waals surface area contributed by atoms with E-state index < -0.39 is 6.10 Å². The summed E-state index contributed by atoms with van der Waals surface area (Å²) in [5.74, 6) is -0.210. The van der Waals surface area contributed by atoms with Gasteiger partial charge < -0.3 is 14.5 Å². The zero-order valence-corrected chi connectivity index (χ0v) is 15.5. The van der Waals surface area contributed by atoms with Gasteiger partial charge in [-0.2, -0.15) is 0 Å². The highest BCUT2D eigenvalue weighted by atomic mass is 16.5. The molecule has 27 heavy (non-hydrogen) atoms. The van der Waals surface area contributed by atoms with Crippen molar-refractivity contribution < 1.29 is 23.5 Å². The van der Waals surface area contributed by atoms with Crippen LogP contribution in [0.15, 0.2) is 41.0 Å². The average molecular weight is 370 g/mol. The second-order valence-electron chi connectivity index (χ2n) is 6.65. The molecule has 1 aliphatic heterocycles. The van der Waals surface area contributed by atoms with Crippen LogP contribution < -0.4 is 15.0 Å². The topological polar surface area (TPSA) is 88.8 Å². The number of amides is 2. The number of ether oxygens (including phenoxy) is 1. The normalized spacial score (nSPS) is 16.1. The first-order valence-corrected chi connectivity index (χ1v) is 8.90. The maximum Gasteiger partial charge on any atom is 0.268 e. The lowest BCUT2D eigenvalue weighted by Crippen LogP contribution is -2.50. The largest absolute Gasteiger partial charge is 0.478 e. The molecule has 1 aromatic heterocycles. The quantitative estimate of drug-likeness (QED) is 0.790. The van der Waals surface area contributed by atoms with Gasteiger partial charge in [-0.1, -0.05) is 6.92 Å². The molecule has 0 aliphatic carbocycles. The SMILES string of the molecule is CCC1Oc2ccc(C(=O)c3ccco3)cc2N(CC(=O)NC(C)C)C1=O. The first-order chi connectivity index (χ1) is 12.9. The molecule has 2 heterocycles. The minimum atomic E-state index is -0.657. The molecule has 0 spiro atoms. The Morgan fingerprint density at radius 3 is 2.67 bits per heavy atom. The smallest absolute Gasteiger partial charge is 0.268 e. The maximum atomic E-state index is 12.8. The van der Waals surface area contributed by atoms with Crippen molar-refractivity contribution >= 4 is 23.3 Å². The Bertz CT molecular complexity index is 857. The van der Waals surface area contributed by atoms with Crippen LogP contribution >= 0.6 is 0 Å². The number of furan rings is 1. The number of carbonyl (C=O) groups excluding carboxylic acids is 3. The molecule has 1 N–H and O–H groups in total. The Morgan fingerprint density at radius 2 is 2.04 bits per heavy atom. The van der Waals surface area contributed by atoms with Gasteiger partial charge in [-0.3, -0.25) is 19.3 Å². The maximum absolute atomic E-state index is 12.8. The molecule has 1 atom stereocenters. The Hall–Kier alpha value is -3.09. The molecule has 3 rings (SSSR count). The van der Waals surface area contributed by atoms with Crippen LogP contribution in [0.2, 0.25) is 0 Å². The molecule has 1 unspecified atom stereocenters. The summed E-state index contributed by atoms with van der Waals surface area (Å²) in [4.78, 5) is 38.9. The van der Waals surface area contributed by atoms with Crippen LogP contribution in [0.4, 0.5) is 5.69 Å². The molecule has 1 aromatic carbocycles. The van der Waals surface area contributed by atoms with E-state index in [2.05, 4.69) is 5.32 Å². The number of anilines is 1. The van der Waals surface area contributed by atoms with Crippen molar-refractivity contribution in [1.82, 2.24) is 5.32 Å². The zero-order chi connectivity index (χ0) is 19.6. The number of rotatable bonds is 6. The summed E-state index contributed by atoms with van der Waals surface area (Å²) < 4.78 is 10.9. The van der Waals surface area contributed by atoms with E-state index in [-0.39, 0.29) is 35.9 Å². The first-order valence-electron chi connectivity index (χ1n) is 8.90. The molecular weight excluding hydrogens is 348 g/mol. The van der Waals surface area contributed by atoms with Crippen molar-refractivity contribution in [2.75, 3.05) is 11.4 Å². The van der Waals surface area contributed by atoms with Crippen LogP contribution in [0, 0.1) is 0 Å². The number of hydrogen-bond acceptors (Lipinski definition) is 5. The minimum absolute atomic E-state index is 0.0399. The summed E-state index contributed by atoms with van der Waals surface area (Å²) in [6, 6.07) is 8.00. The van der Waals surface area contributed by atoms with Gasteiger partial charge in [0.05, 0.1) is 12.0 Å². The van der Waals surface area contributed by atoms with Gasteiger partial charge >= 0.3 is 0 Å². The van der Waals surface area contributed by atoms with Gasteiger partial charge in [-0.05, 0) is 50.6 Å². The van der Waals surface area contributed by atoms with E-state index >= 15 is 0 Å². The van der Waals surface area contributed by atoms with Gasteiger partial charge in [0.25, 0.3) is 5.91 Å². The van der Waals surface area contributed by atoms with Gasteiger partial charge in [0.15, 0.2) is 11.9 Å². The number of nitrogens with zero attached hydrogens (tertiary/aromatic N) is 1. The van der Waals surface area contributed by atoms with Crippen LogP contribution in [0.25, 0.3) is 0 Å². The predicted octanol–water partition coefficient (Wildman–Crippen LogP) is 2.54. The molecule has 0 radical (unpaired) electrons. The lowest BCUT2D eigenvalue weighted by Gasteiger charge is -2.34. The van der Waals surface area contributed by atoms with Crippen molar-refractivity contribution in [2.45, 2.75) is 39.3 Å². The number of ketones is 1. The van der Waals surface area contributed by atoms with Crippen molar-refractivity contribution in [3.63, 3.8) is 0 Å². The predicted molar refractivity (Wildman–Crippen MR) is 98.9 cm³/mol. The fourth-order valence-electron chi connectivity index (χ4n) is 2.95. The van der Waals surface area contributed by atoms with E-state index in [9.17, 15) is 14.4 Å². The fraction of sp³-hybridized carbons (Fsp3) is 0.350. The van der Waals surface area contributed by atoms with E-state index in [0.717, 1.165) is 0 Å². The van der Waals surface area contributed by atoms with E-state index in [1.807, 2.05) is 20.8 Å². The molecule has 7 heteroatoms. The van der Waals surface area contributed by atoms with E-state index in [1.165, 1.54) is 11.2 Å². The van der Waals surface area contributed by atoms with Crippen LogP contribution in [0.5, 0.6) is 5.75 Å². The van der Waals surface area contributed by atoms with E-state index in [4.69, 9.17) is 9.15 Å². The van der Waals surface area contributed by atoms with Crippen LogP contribution in [-0.4, -0.2) is 36.3 Å². The second-order valence-corrected chi connectivity index (χ2v) is 6.65. The summed E-state index contributed by atoms with van der Waals surface area (Å²) >= 11 is 0. The Balaban J connectivity index is 1.96. The van der Waals surface area contributed by atoms with Gasteiger partial charge in [0.2, 0.25) is 11.7 Å². The average Bonchev–Trinajstić information content (AvgIpc) is 3.17. The van der Waals surface area contributed by atoms with Gasteiger partial charge in [-0.25, -0.2) is 0 Å². The number of benzene rings is 1. The summed E-state index contributed by atoms with van der Waals surface area (Å²) in [7, 11) is 0. The summed E-state index contributed by atoms with van der Waals surface area (Å²) in [5.41, 5.74) is 0.755. The third-order valence-corrected chi connectivity index (χ3v) is 4.19. The van der Waals surface area contributed by atoms with Gasteiger partial charge in [-0.15, -0.1) is 0 Å². The molecule has 142 valence electrons. The molecular formula is C20H22N2O5. The molecule has 0 bridgehead atoms. The third kappa shape index (κ3) is 3.86. The first kappa shape index (κ1) is 18.7. The summed E-state index contributed by atoms with van der Waals surface area (Å²) in [6.45, 7) is 5.40. The van der Waals surface area contributed by atoms with Crippen LogP contribution in [-0.2, 0) is 9.59 Å². The van der Waals surface area contributed by atoms with E-state index in [1.54, 1.807) is 30.3 Å². The second kappa shape index (κ2) is 7.65. The van der Waals surface area contributed by atoms with Crippen LogP contribution in [0.3, 0.4) is 0 Å². The molecule has 0 fully saturated rings. The molecule has 0 saturated heterocycles. The molecule has 2 amide bonds. The summed E-state index contributed by atoms with van der Waals surface area (Å²) in [6.07, 6.45) is 1.25. The highest BCUT2D eigenvalue weighted by molar-refractivity contribution is 6.10. The number of carbonyl (C=O) groups is 3. The Labute approximate surface area is 157 Å². The molecule has 7 nitrogen and oxygen atoms in total. The van der Waals surface area contributed by atoms with E-state index in [0.29, 0.717) is 23.4 Å². The minimum Gasteiger partial charge on any atom is -0.478 e. The highest BCUT2D eigenvalue weighted by Crippen LogP contribution is 2.36. The van der Waals surface area contributed by atoms with Crippen LogP contribution in [0.1, 0.15) is 43.3 Å². The number of hydrogen-bond donors (Lipinski definition) is 1.